The van der Waals surface area contributed by atoms with Crippen LogP contribution in [-0.4, -0.2) is 36.2 Å². The normalized spacial score (nSPS) is 16.0. The number of benzene rings is 2. The first-order valence-electron chi connectivity index (χ1n) is 9.65. The minimum Gasteiger partial charge on any atom is -0.451 e. The second-order valence-electron chi connectivity index (χ2n) is 7.19. The quantitative estimate of drug-likeness (QED) is 0.767. The van der Waals surface area contributed by atoms with Crippen LogP contribution in [-0.2, 0) is 32.0 Å². The highest BCUT2D eigenvalue weighted by atomic mass is 32.2. The Morgan fingerprint density at radius 3 is 2.83 bits per heavy atom. The molecule has 0 radical (unpaired) electrons. The number of nitrogens with zero attached hydrogens (tertiary/aromatic N) is 1. The third-order valence-corrected chi connectivity index (χ3v) is 6.19. The molecule has 1 heterocycles. The van der Waals surface area contributed by atoms with Crippen LogP contribution in [0.4, 0.5) is 11.4 Å². The summed E-state index contributed by atoms with van der Waals surface area (Å²) in [5.41, 5.74) is 3.98. The molecule has 1 N–H and O–H groups in total. The summed E-state index contributed by atoms with van der Waals surface area (Å²) in [5, 5.41) is 2.80. The second kappa shape index (κ2) is 8.29. The summed E-state index contributed by atoms with van der Waals surface area (Å²) >= 11 is 1.45. The number of thioether (sulfide) groups is 1. The topological polar surface area (TPSA) is 75.7 Å². The molecule has 0 fully saturated rings. The molecule has 2 amide bonds. The monoisotopic (exact) mass is 410 g/mol. The number of ether oxygens (including phenoxy) is 1. The predicted octanol–water partition coefficient (Wildman–Crippen LogP) is 3.18. The van der Waals surface area contributed by atoms with Gasteiger partial charge in [0.15, 0.2) is 6.10 Å². The highest BCUT2D eigenvalue weighted by Crippen LogP contribution is 2.34. The Kier molecular flexibility index (Phi) is 5.58. The number of esters is 1. The number of carbonyl (C=O) groups excluding carboxylic acids is 3. The van der Waals surface area contributed by atoms with E-state index in [2.05, 4.69) is 5.32 Å². The van der Waals surface area contributed by atoms with Crippen molar-refractivity contribution >= 4 is 40.9 Å². The molecule has 1 aliphatic carbocycles. The van der Waals surface area contributed by atoms with Crippen molar-refractivity contribution in [1.29, 1.82) is 0 Å². The van der Waals surface area contributed by atoms with Gasteiger partial charge in [-0.15, -0.1) is 11.8 Å². The third-order valence-electron chi connectivity index (χ3n) is 5.14. The van der Waals surface area contributed by atoms with Crippen molar-refractivity contribution in [3.63, 3.8) is 0 Å². The molecule has 150 valence electrons. The Bertz CT molecular complexity index is 975. The Morgan fingerprint density at radius 2 is 1.97 bits per heavy atom. The maximum Gasteiger partial charge on any atom is 0.326 e. The Hall–Kier alpha value is -2.80. The van der Waals surface area contributed by atoms with E-state index in [1.54, 1.807) is 6.07 Å². The minimum atomic E-state index is -0.958. The van der Waals surface area contributed by atoms with Crippen molar-refractivity contribution in [1.82, 2.24) is 0 Å². The summed E-state index contributed by atoms with van der Waals surface area (Å²) < 4.78 is 5.29. The zero-order valence-electron chi connectivity index (χ0n) is 16.1. The van der Waals surface area contributed by atoms with Crippen LogP contribution >= 0.6 is 11.8 Å². The van der Waals surface area contributed by atoms with Crippen LogP contribution < -0.4 is 10.2 Å². The number of anilines is 2. The number of amides is 2. The number of para-hydroxylation sites is 1. The average Bonchev–Trinajstić information content (AvgIpc) is 3.18. The van der Waals surface area contributed by atoms with Gasteiger partial charge in [-0.3, -0.25) is 19.3 Å². The lowest BCUT2D eigenvalue weighted by atomic mass is 10.1. The molecule has 2 aliphatic rings. The number of carbonyl (C=O) groups is 3. The van der Waals surface area contributed by atoms with Crippen molar-refractivity contribution in [2.75, 3.05) is 22.5 Å². The van der Waals surface area contributed by atoms with E-state index in [0.29, 0.717) is 11.4 Å². The van der Waals surface area contributed by atoms with Gasteiger partial charge in [-0.1, -0.05) is 18.2 Å². The van der Waals surface area contributed by atoms with Gasteiger partial charge in [0, 0.05) is 10.6 Å². The zero-order chi connectivity index (χ0) is 20.4. The molecule has 0 spiro atoms. The molecule has 4 rings (SSSR count). The van der Waals surface area contributed by atoms with Gasteiger partial charge in [0.2, 0.25) is 5.91 Å². The molecule has 1 aliphatic heterocycles. The van der Waals surface area contributed by atoms with E-state index in [0.717, 1.165) is 24.2 Å². The lowest BCUT2D eigenvalue weighted by Gasteiger charge is -2.28. The number of nitrogens with one attached hydrogen (secondary N) is 1. The van der Waals surface area contributed by atoms with Crippen molar-refractivity contribution in [2.45, 2.75) is 37.2 Å². The zero-order valence-corrected chi connectivity index (χ0v) is 17.0. The molecule has 0 unspecified atom stereocenters. The van der Waals surface area contributed by atoms with E-state index >= 15 is 0 Å². The molecule has 2 aromatic rings. The molecule has 0 bridgehead atoms. The number of fused-ring (bicyclic) bond motifs is 2. The van der Waals surface area contributed by atoms with E-state index < -0.39 is 18.0 Å². The van der Waals surface area contributed by atoms with Crippen molar-refractivity contribution in [2.24, 2.45) is 0 Å². The summed E-state index contributed by atoms with van der Waals surface area (Å²) in [6.07, 6.45) is 2.28. The molecule has 0 saturated heterocycles. The first-order valence-corrected chi connectivity index (χ1v) is 10.6. The van der Waals surface area contributed by atoms with Gasteiger partial charge in [-0.25, -0.2) is 0 Å². The third kappa shape index (κ3) is 4.29. The fourth-order valence-corrected chi connectivity index (χ4v) is 4.57. The largest absolute Gasteiger partial charge is 0.451 e. The minimum absolute atomic E-state index is 0.152. The van der Waals surface area contributed by atoms with Gasteiger partial charge < -0.3 is 10.1 Å². The van der Waals surface area contributed by atoms with E-state index in [4.69, 9.17) is 4.74 Å². The van der Waals surface area contributed by atoms with Crippen molar-refractivity contribution in [3.05, 3.63) is 53.6 Å². The van der Waals surface area contributed by atoms with E-state index in [1.807, 2.05) is 36.4 Å². The predicted molar refractivity (Wildman–Crippen MR) is 112 cm³/mol. The summed E-state index contributed by atoms with van der Waals surface area (Å²) in [4.78, 5) is 39.4. The molecule has 0 aromatic heterocycles. The van der Waals surface area contributed by atoms with Crippen LogP contribution in [0.1, 0.15) is 24.5 Å². The summed E-state index contributed by atoms with van der Waals surface area (Å²) in [6, 6.07) is 13.3. The highest BCUT2D eigenvalue weighted by Gasteiger charge is 2.28. The fraction of sp³-hybridized carbons (Fsp3) is 0.318. The Morgan fingerprint density at radius 1 is 1.17 bits per heavy atom. The SMILES string of the molecule is C[C@H](OC(=O)CN1C(=O)CSc2ccccc21)C(=O)Nc1ccc2c(c1)CCC2. The molecule has 1 atom stereocenters. The fourth-order valence-electron chi connectivity index (χ4n) is 3.64. The van der Waals surface area contributed by atoms with Crippen molar-refractivity contribution in [3.8, 4) is 0 Å². The summed E-state index contributed by atoms with van der Waals surface area (Å²) in [6.45, 7) is 1.31. The lowest BCUT2D eigenvalue weighted by Crippen LogP contribution is -2.41. The molecule has 6 nitrogen and oxygen atoms in total. The van der Waals surface area contributed by atoms with Crippen LogP contribution in [0.2, 0.25) is 0 Å². The average molecular weight is 410 g/mol. The summed E-state index contributed by atoms with van der Waals surface area (Å²) in [7, 11) is 0. The maximum atomic E-state index is 12.4. The maximum absolute atomic E-state index is 12.4. The van der Waals surface area contributed by atoms with Crippen LogP contribution in [0.3, 0.4) is 0 Å². The first kappa shape index (κ1) is 19.5. The molecule has 7 heteroatoms. The molecule has 2 aromatic carbocycles. The van der Waals surface area contributed by atoms with Crippen LogP contribution in [0.15, 0.2) is 47.4 Å². The Balaban J connectivity index is 1.36. The number of hydrogen-bond acceptors (Lipinski definition) is 5. The van der Waals surface area contributed by atoms with Gasteiger partial charge in [0.25, 0.3) is 5.91 Å². The number of aryl methyl sites for hydroxylation is 2. The lowest BCUT2D eigenvalue weighted by molar-refractivity contribution is -0.152. The molecular formula is C22H22N2O4S. The molecule has 0 saturated carbocycles. The summed E-state index contributed by atoms with van der Waals surface area (Å²) in [5.74, 6) is -0.881. The number of hydrogen-bond donors (Lipinski definition) is 1. The van der Waals surface area contributed by atoms with E-state index in [-0.39, 0.29) is 18.2 Å². The van der Waals surface area contributed by atoms with Crippen LogP contribution in [0.5, 0.6) is 0 Å². The Labute approximate surface area is 173 Å². The molecule has 29 heavy (non-hydrogen) atoms. The van der Waals surface area contributed by atoms with Gasteiger partial charge in [0.1, 0.15) is 6.54 Å². The van der Waals surface area contributed by atoms with Crippen molar-refractivity contribution < 1.29 is 19.1 Å². The second-order valence-corrected chi connectivity index (χ2v) is 8.21. The van der Waals surface area contributed by atoms with E-state index in [1.165, 1.54) is 34.7 Å². The van der Waals surface area contributed by atoms with Gasteiger partial charge in [-0.05, 0) is 61.6 Å². The standard InChI is InChI=1S/C22H22N2O4S/c1-14(22(27)23-17-10-9-15-5-4-6-16(15)11-17)28-21(26)12-24-18-7-2-3-8-19(18)29-13-20(24)25/h2-3,7-11,14H,4-6,12-13H2,1H3,(H,23,27)/t14-/m0/s1. The molecular weight excluding hydrogens is 388 g/mol. The van der Waals surface area contributed by atoms with Gasteiger partial charge in [0.05, 0.1) is 11.4 Å². The van der Waals surface area contributed by atoms with Crippen LogP contribution in [0.25, 0.3) is 0 Å². The van der Waals surface area contributed by atoms with Gasteiger partial charge >= 0.3 is 5.97 Å². The first-order chi connectivity index (χ1) is 14.0. The smallest absolute Gasteiger partial charge is 0.326 e. The van der Waals surface area contributed by atoms with Crippen LogP contribution in [0, 0.1) is 0 Å². The highest BCUT2D eigenvalue weighted by molar-refractivity contribution is 8.00. The number of rotatable bonds is 5. The van der Waals surface area contributed by atoms with Gasteiger partial charge in [-0.2, -0.15) is 0 Å². The van der Waals surface area contributed by atoms with E-state index in [9.17, 15) is 14.4 Å².